The van der Waals surface area contributed by atoms with Crippen LogP contribution in [-0.2, 0) is 0 Å². The van der Waals surface area contributed by atoms with Crippen LogP contribution in [0.2, 0.25) is 20.1 Å². The largest absolute Gasteiger partial charge is 0.128 e. The van der Waals surface area contributed by atoms with E-state index in [0.717, 1.165) is 16.0 Å². The lowest BCUT2D eigenvalue weighted by Gasteiger charge is -2.09. The maximum atomic E-state index is 6.26. The van der Waals surface area contributed by atoms with Gasteiger partial charge in [0.05, 0.1) is 15.1 Å². The van der Waals surface area contributed by atoms with Crippen LogP contribution in [0.3, 0.4) is 0 Å². The van der Waals surface area contributed by atoms with Crippen LogP contribution in [0.4, 0.5) is 0 Å². The zero-order valence-corrected chi connectivity index (χ0v) is 13.1. The summed E-state index contributed by atoms with van der Waals surface area (Å²) in [5.41, 5.74) is 1.74. The Morgan fingerprint density at radius 1 is 0.778 bits per heavy atom. The molecular weight excluding hydrogens is 330 g/mol. The average molecular weight is 338 g/mol. The maximum Gasteiger partial charge on any atom is 0.0598 e. The number of thioether (sulfide) groups is 1. The molecule has 0 saturated carbocycles. The van der Waals surface area contributed by atoms with Gasteiger partial charge in [0.25, 0.3) is 0 Å². The van der Waals surface area contributed by atoms with E-state index in [1.54, 1.807) is 23.9 Å². The van der Waals surface area contributed by atoms with Crippen molar-refractivity contribution in [3.05, 3.63) is 50.4 Å². The highest BCUT2D eigenvalue weighted by Crippen LogP contribution is 2.38. The Morgan fingerprint density at radius 3 is 2.11 bits per heavy atom. The predicted octanol–water partition coefficient (Wildman–Crippen LogP) is 6.69. The van der Waals surface area contributed by atoms with E-state index >= 15 is 0 Å². The van der Waals surface area contributed by atoms with Crippen molar-refractivity contribution >= 4 is 58.2 Å². The molecule has 94 valence electrons. The van der Waals surface area contributed by atoms with Gasteiger partial charge < -0.3 is 0 Å². The molecule has 0 atom stereocenters. The summed E-state index contributed by atoms with van der Waals surface area (Å²) >= 11 is 25.9. The summed E-state index contributed by atoms with van der Waals surface area (Å²) in [6.45, 7) is 0. The lowest BCUT2D eigenvalue weighted by atomic mass is 10.1. The van der Waals surface area contributed by atoms with Crippen molar-refractivity contribution in [3.63, 3.8) is 0 Å². The second-order valence-electron chi connectivity index (χ2n) is 3.60. The van der Waals surface area contributed by atoms with Crippen LogP contribution in [-0.4, -0.2) is 6.26 Å². The highest BCUT2D eigenvalue weighted by atomic mass is 35.5. The van der Waals surface area contributed by atoms with Gasteiger partial charge in [0.15, 0.2) is 0 Å². The number of halogens is 4. The van der Waals surface area contributed by atoms with Crippen molar-refractivity contribution in [1.29, 1.82) is 0 Å². The Kier molecular flexibility index (Phi) is 4.74. The third kappa shape index (κ3) is 2.92. The lowest BCUT2D eigenvalue weighted by molar-refractivity contribution is 1.46. The van der Waals surface area contributed by atoms with Crippen molar-refractivity contribution in [1.82, 2.24) is 0 Å². The number of hydrogen-bond donors (Lipinski definition) is 0. The van der Waals surface area contributed by atoms with Crippen LogP contribution in [0.15, 0.2) is 35.2 Å². The molecule has 0 heterocycles. The molecule has 2 aromatic rings. The molecule has 0 N–H and O–H groups in total. The third-order valence-corrected chi connectivity index (χ3v) is 4.73. The fourth-order valence-corrected chi connectivity index (χ4v) is 3.09. The fraction of sp³-hybridized carbons (Fsp3) is 0.0769. The molecule has 0 nitrogen and oxygen atoms in total. The Morgan fingerprint density at radius 2 is 1.50 bits per heavy atom. The van der Waals surface area contributed by atoms with Gasteiger partial charge in [-0.25, -0.2) is 0 Å². The fourth-order valence-electron chi connectivity index (χ4n) is 1.57. The van der Waals surface area contributed by atoms with E-state index in [4.69, 9.17) is 46.4 Å². The molecule has 2 rings (SSSR count). The number of benzene rings is 2. The maximum absolute atomic E-state index is 6.26. The highest BCUT2D eigenvalue weighted by molar-refractivity contribution is 7.98. The second kappa shape index (κ2) is 5.94. The quantitative estimate of drug-likeness (QED) is 0.550. The van der Waals surface area contributed by atoms with Crippen molar-refractivity contribution < 1.29 is 0 Å². The van der Waals surface area contributed by atoms with E-state index in [1.165, 1.54) is 0 Å². The van der Waals surface area contributed by atoms with Crippen LogP contribution in [0.5, 0.6) is 0 Å². The molecule has 0 aromatic heterocycles. The van der Waals surface area contributed by atoms with Gasteiger partial charge in [0, 0.05) is 15.5 Å². The summed E-state index contributed by atoms with van der Waals surface area (Å²) in [5, 5.41) is 2.33. The van der Waals surface area contributed by atoms with E-state index in [2.05, 4.69) is 0 Å². The Labute approximate surface area is 130 Å². The molecule has 0 saturated heterocycles. The summed E-state index contributed by atoms with van der Waals surface area (Å²) in [7, 11) is 0. The first-order valence-corrected chi connectivity index (χ1v) is 7.75. The minimum absolute atomic E-state index is 0.496. The van der Waals surface area contributed by atoms with Gasteiger partial charge in [0.2, 0.25) is 0 Å². The Balaban J connectivity index is 2.57. The molecule has 0 radical (unpaired) electrons. The van der Waals surface area contributed by atoms with Gasteiger partial charge in [-0.15, -0.1) is 11.8 Å². The first-order chi connectivity index (χ1) is 8.52. The van der Waals surface area contributed by atoms with E-state index in [0.29, 0.717) is 20.1 Å². The molecule has 0 aliphatic heterocycles. The zero-order valence-electron chi connectivity index (χ0n) is 9.31. The molecule has 0 spiro atoms. The van der Waals surface area contributed by atoms with Gasteiger partial charge in [-0.2, -0.15) is 0 Å². The van der Waals surface area contributed by atoms with Gasteiger partial charge >= 0.3 is 0 Å². The number of hydrogen-bond acceptors (Lipinski definition) is 1. The van der Waals surface area contributed by atoms with Gasteiger partial charge in [-0.05, 0) is 36.1 Å². The molecule has 0 bridgehead atoms. The van der Waals surface area contributed by atoms with E-state index < -0.39 is 0 Å². The van der Waals surface area contributed by atoms with Crippen molar-refractivity contribution in [3.8, 4) is 11.1 Å². The van der Waals surface area contributed by atoms with Crippen LogP contribution < -0.4 is 0 Å². The van der Waals surface area contributed by atoms with Gasteiger partial charge in [0.1, 0.15) is 0 Å². The average Bonchev–Trinajstić information content (AvgIpc) is 2.35. The summed E-state index contributed by atoms with van der Waals surface area (Å²) in [4.78, 5) is 0.950. The lowest BCUT2D eigenvalue weighted by Crippen LogP contribution is -1.83. The molecule has 0 unspecified atom stereocenters. The van der Waals surface area contributed by atoms with E-state index in [9.17, 15) is 0 Å². The molecule has 0 amide bonds. The molecular formula is C13H8Cl4S. The summed E-state index contributed by atoms with van der Waals surface area (Å²) in [6.07, 6.45) is 1.95. The summed E-state index contributed by atoms with van der Waals surface area (Å²) in [6, 6.07) is 9.08. The normalized spacial score (nSPS) is 10.7. The SMILES string of the molecule is CSc1cc(Cl)c(-c2ccc(Cl)c(Cl)c2)cc1Cl. The minimum Gasteiger partial charge on any atom is -0.128 e. The van der Waals surface area contributed by atoms with Crippen molar-refractivity contribution in [2.24, 2.45) is 0 Å². The minimum atomic E-state index is 0.496. The Hall–Kier alpha value is -0.0500. The molecule has 0 aliphatic carbocycles. The standard InChI is InChI=1S/C13H8Cl4S/c1-18-13-6-10(15)8(5-12(13)17)7-2-3-9(14)11(16)4-7/h2-6H,1H3. The molecule has 0 fully saturated rings. The molecule has 2 aromatic carbocycles. The molecule has 18 heavy (non-hydrogen) atoms. The smallest absolute Gasteiger partial charge is 0.0598 e. The van der Waals surface area contributed by atoms with Crippen LogP contribution in [0.25, 0.3) is 11.1 Å². The second-order valence-corrected chi connectivity index (χ2v) is 6.07. The van der Waals surface area contributed by atoms with E-state index in [1.807, 2.05) is 24.5 Å². The summed E-state index contributed by atoms with van der Waals surface area (Å²) < 4.78 is 0. The van der Waals surface area contributed by atoms with Crippen molar-refractivity contribution in [2.45, 2.75) is 4.90 Å². The van der Waals surface area contributed by atoms with Crippen LogP contribution in [0.1, 0.15) is 0 Å². The van der Waals surface area contributed by atoms with E-state index in [-0.39, 0.29) is 0 Å². The number of rotatable bonds is 2. The summed E-state index contributed by atoms with van der Waals surface area (Å²) in [5.74, 6) is 0. The molecule has 0 aliphatic rings. The third-order valence-electron chi connectivity index (χ3n) is 2.47. The highest BCUT2D eigenvalue weighted by Gasteiger charge is 2.10. The van der Waals surface area contributed by atoms with Gasteiger partial charge in [-0.1, -0.05) is 52.5 Å². The first kappa shape index (κ1) is 14.4. The monoisotopic (exact) mass is 336 g/mol. The first-order valence-electron chi connectivity index (χ1n) is 5.01. The Bertz CT molecular complexity index is 596. The zero-order chi connectivity index (χ0) is 13.3. The van der Waals surface area contributed by atoms with Crippen LogP contribution in [0, 0.1) is 0 Å². The van der Waals surface area contributed by atoms with Crippen molar-refractivity contribution in [2.75, 3.05) is 6.26 Å². The topological polar surface area (TPSA) is 0 Å². The predicted molar refractivity (Wildman–Crippen MR) is 83.7 cm³/mol. The van der Waals surface area contributed by atoms with Gasteiger partial charge in [-0.3, -0.25) is 0 Å². The molecule has 5 heteroatoms. The van der Waals surface area contributed by atoms with Crippen LogP contribution >= 0.6 is 58.2 Å².